The van der Waals surface area contributed by atoms with Crippen LogP contribution in [0.1, 0.15) is 17.3 Å². The minimum atomic E-state index is -0.430. The van der Waals surface area contributed by atoms with E-state index >= 15 is 0 Å². The number of fused-ring (bicyclic) bond motifs is 1. The molecule has 1 aromatic heterocycles. The summed E-state index contributed by atoms with van der Waals surface area (Å²) in [5.41, 5.74) is 2.62. The van der Waals surface area contributed by atoms with Gasteiger partial charge in [-0.1, -0.05) is 30.3 Å². The van der Waals surface area contributed by atoms with E-state index in [9.17, 15) is 9.18 Å². The van der Waals surface area contributed by atoms with Crippen LogP contribution >= 0.6 is 0 Å². The molecule has 3 nitrogen and oxygen atoms in total. The van der Waals surface area contributed by atoms with Gasteiger partial charge in [0, 0.05) is 17.1 Å². The lowest BCUT2D eigenvalue weighted by Gasteiger charge is -2.12. The number of carbonyl (C=O) groups is 1. The number of benzene rings is 2. The van der Waals surface area contributed by atoms with Crippen molar-refractivity contribution in [2.24, 2.45) is 0 Å². The number of nitrogens with zero attached hydrogens (tertiary/aromatic N) is 1. The van der Waals surface area contributed by atoms with Crippen LogP contribution in [0.15, 0.2) is 54.7 Å². The van der Waals surface area contributed by atoms with Gasteiger partial charge < -0.3 is 4.74 Å². The SMILES string of the molecule is CCOC(=O)c1cnc2ccccc2c1-c1ccc(F)cc1. The molecule has 0 aliphatic heterocycles. The molecule has 2 aromatic carbocycles. The van der Waals surface area contributed by atoms with Crippen molar-refractivity contribution in [2.45, 2.75) is 6.92 Å². The molecule has 0 amide bonds. The zero-order valence-corrected chi connectivity index (χ0v) is 12.0. The summed E-state index contributed by atoms with van der Waals surface area (Å²) >= 11 is 0. The van der Waals surface area contributed by atoms with Crippen molar-refractivity contribution in [1.82, 2.24) is 4.98 Å². The normalized spacial score (nSPS) is 10.6. The first-order chi connectivity index (χ1) is 10.7. The van der Waals surface area contributed by atoms with E-state index in [-0.39, 0.29) is 12.4 Å². The summed E-state index contributed by atoms with van der Waals surface area (Å²) in [7, 11) is 0. The molecule has 0 saturated heterocycles. The smallest absolute Gasteiger partial charge is 0.340 e. The fourth-order valence-electron chi connectivity index (χ4n) is 2.43. The zero-order valence-electron chi connectivity index (χ0n) is 12.0. The number of rotatable bonds is 3. The predicted molar refractivity (Wildman–Crippen MR) is 83.1 cm³/mol. The average Bonchev–Trinajstić information content (AvgIpc) is 2.55. The maximum absolute atomic E-state index is 13.2. The van der Waals surface area contributed by atoms with E-state index < -0.39 is 5.97 Å². The van der Waals surface area contributed by atoms with Gasteiger partial charge in [0.2, 0.25) is 0 Å². The minimum Gasteiger partial charge on any atom is -0.462 e. The van der Waals surface area contributed by atoms with Crippen LogP contribution in [-0.2, 0) is 4.74 Å². The number of esters is 1. The lowest BCUT2D eigenvalue weighted by Crippen LogP contribution is -2.07. The summed E-state index contributed by atoms with van der Waals surface area (Å²) in [4.78, 5) is 16.5. The van der Waals surface area contributed by atoms with Crippen LogP contribution in [0, 0.1) is 5.82 Å². The maximum Gasteiger partial charge on any atom is 0.340 e. The Balaban J connectivity index is 2.29. The number of halogens is 1. The molecule has 0 saturated carbocycles. The van der Waals surface area contributed by atoms with Crippen molar-refractivity contribution in [2.75, 3.05) is 6.61 Å². The van der Waals surface area contributed by atoms with E-state index in [2.05, 4.69) is 4.98 Å². The van der Waals surface area contributed by atoms with Gasteiger partial charge in [0.25, 0.3) is 0 Å². The standard InChI is InChI=1S/C18H14FNO2/c1-2-22-18(21)15-11-20-16-6-4-3-5-14(16)17(15)12-7-9-13(19)10-8-12/h3-11H,2H2,1H3. The van der Waals surface area contributed by atoms with E-state index in [0.29, 0.717) is 11.1 Å². The Morgan fingerprint density at radius 2 is 1.86 bits per heavy atom. The van der Waals surface area contributed by atoms with Gasteiger partial charge in [-0.3, -0.25) is 4.98 Å². The molecule has 0 spiro atoms. The lowest BCUT2D eigenvalue weighted by molar-refractivity contribution is 0.0527. The van der Waals surface area contributed by atoms with Gasteiger partial charge in [-0.25, -0.2) is 9.18 Å². The molecule has 0 fully saturated rings. The number of ether oxygens (including phenoxy) is 1. The second-order valence-electron chi connectivity index (χ2n) is 4.79. The van der Waals surface area contributed by atoms with Crippen LogP contribution in [0.5, 0.6) is 0 Å². The van der Waals surface area contributed by atoms with Crippen LogP contribution in [0.3, 0.4) is 0 Å². The maximum atomic E-state index is 13.2. The Labute approximate surface area is 127 Å². The molecule has 0 aliphatic carbocycles. The van der Waals surface area contributed by atoms with Crippen molar-refractivity contribution in [1.29, 1.82) is 0 Å². The molecule has 4 heteroatoms. The monoisotopic (exact) mass is 295 g/mol. The highest BCUT2D eigenvalue weighted by atomic mass is 19.1. The third-order valence-electron chi connectivity index (χ3n) is 3.40. The van der Waals surface area contributed by atoms with E-state index in [1.165, 1.54) is 18.3 Å². The van der Waals surface area contributed by atoms with E-state index in [0.717, 1.165) is 16.5 Å². The molecule has 0 N–H and O–H groups in total. The van der Waals surface area contributed by atoms with Crippen LogP contribution in [-0.4, -0.2) is 17.6 Å². The van der Waals surface area contributed by atoms with Crippen molar-refractivity contribution in [3.05, 3.63) is 66.1 Å². The molecule has 110 valence electrons. The highest BCUT2D eigenvalue weighted by Crippen LogP contribution is 2.31. The topological polar surface area (TPSA) is 39.2 Å². The Morgan fingerprint density at radius 3 is 2.59 bits per heavy atom. The number of para-hydroxylation sites is 1. The van der Waals surface area contributed by atoms with Gasteiger partial charge in [0.15, 0.2) is 0 Å². The summed E-state index contributed by atoms with van der Waals surface area (Å²) in [6, 6.07) is 13.6. The van der Waals surface area contributed by atoms with Gasteiger partial charge >= 0.3 is 5.97 Å². The van der Waals surface area contributed by atoms with Crippen LogP contribution < -0.4 is 0 Å². The van der Waals surface area contributed by atoms with E-state index in [4.69, 9.17) is 4.74 Å². The molecule has 0 bridgehead atoms. The number of carbonyl (C=O) groups excluding carboxylic acids is 1. The molecule has 0 atom stereocenters. The predicted octanol–water partition coefficient (Wildman–Crippen LogP) is 4.22. The molecular weight excluding hydrogens is 281 g/mol. The van der Waals surface area contributed by atoms with Crippen LogP contribution in [0.25, 0.3) is 22.0 Å². The second-order valence-corrected chi connectivity index (χ2v) is 4.79. The zero-order chi connectivity index (χ0) is 15.5. The molecule has 1 heterocycles. The van der Waals surface area contributed by atoms with Crippen molar-refractivity contribution in [3.63, 3.8) is 0 Å². The summed E-state index contributed by atoms with van der Waals surface area (Å²) < 4.78 is 18.3. The van der Waals surface area contributed by atoms with Crippen LogP contribution in [0.4, 0.5) is 4.39 Å². The molecule has 3 rings (SSSR count). The second kappa shape index (κ2) is 5.93. The number of aromatic nitrogens is 1. The summed E-state index contributed by atoms with van der Waals surface area (Å²) in [6.45, 7) is 2.04. The van der Waals surface area contributed by atoms with Crippen molar-refractivity contribution < 1.29 is 13.9 Å². The highest BCUT2D eigenvalue weighted by Gasteiger charge is 2.17. The Kier molecular flexibility index (Phi) is 3.83. The Hall–Kier alpha value is -2.75. The molecule has 0 unspecified atom stereocenters. The summed E-state index contributed by atoms with van der Waals surface area (Å²) in [6.07, 6.45) is 1.51. The third kappa shape index (κ3) is 2.55. The lowest BCUT2D eigenvalue weighted by atomic mass is 9.96. The van der Waals surface area contributed by atoms with E-state index in [1.807, 2.05) is 24.3 Å². The van der Waals surface area contributed by atoms with Gasteiger partial charge in [-0.2, -0.15) is 0 Å². The van der Waals surface area contributed by atoms with Gasteiger partial charge in [-0.05, 0) is 30.7 Å². The number of hydrogen-bond acceptors (Lipinski definition) is 3. The summed E-state index contributed by atoms with van der Waals surface area (Å²) in [5.74, 6) is -0.750. The largest absolute Gasteiger partial charge is 0.462 e. The number of pyridine rings is 1. The molecule has 0 radical (unpaired) electrons. The quantitative estimate of drug-likeness (QED) is 0.679. The Morgan fingerprint density at radius 1 is 1.14 bits per heavy atom. The molecule has 3 aromatic rings. The highest BCUT2D eigenvalue weighted by molar-refractivity contribution is 6.06. The third-order valence-corrected chi connectivity index (χ3v) is 3.40. The molecule has 22 heavy (non-hydrogen) atoms. The molecule has 0 aliphatic rings. The Bertz CT molecular complexity index is 828. The summed E-state index contributed by atoms with van der Waals surface area (Å²) in [5, 5.41) is 0.833. The fraction of sp³-hybridized carbons (Fsp3) is 0.111. The number of hydrogen-bond donors (Lipinski definition) is 0. The van der Waals surface area contributed by atoms with Crippen molar-refractivity contribution >= 4 is 16.9 Å². The first kappa shape index (κ1) is 14.2. The first-order valence-corrected chi connectivity index (χ1v) is 7.01. The first-order valence-electron chi connectivity index (χ1n) is 7.01. The van der Waals surface area contributed by atoms with Gasteiger partial charge in [0.1, 0.15) is 5.82 Å². The fourth-order valence-corrected chi connectivity index (χ4v) is 2.43. The average molecular weight is 295 g/mol. The van der Waals surface area contributed by atoms with Crippen LogP contribution in [0.2, 0.25) is 0 Å². The molecular formula is C18H14FNO2. The van der Waals surface area contributed by atoms with Gasteiger partial charge in [-0.15, -0.1) is 0 Å². The van der Waals surface area contributed by atoms with E-state index in [1.54, 1.807) is 19.1 Å². The van der Waals surface area contributed by atoms with Crippen molar-refractivity contribution in [3.8, 4) is 11.1 Å². The minimum absolute atomic E-state index is 0.286. The van der Waals surface area contributed by atoms with Gasteiger partial charge in [0.05, 0.1) is 17.7 Å².